The summed E-state index contributed by atoms with van der Waals surface area (Å²) in [4.78, 5) is 0. The average molecular weight is 222 g/mol. The van der Waals surface area contributed by atoms with Crippen LogP contribution in [0.25, 0.3) is 0 Å². The highest BCUT2D eigenvalue weighted by Crippen LogP contribution is 2.31. The Morgan fingerprint density at radius 3 is 2.12 bits per heavy atom. The zero-order valence-corrected chi connectivity index (χ0v) is 10.8. The van der Waals surface area contributed by atoms with Crippen molar-refractivity contribution < 1.29 is 10.2 Å². The first-order chi connectivity index (χ1) is 7.29. The fourth-order valence-electron chi connectivity index (χ4n) is 1.81. The van der Waals surface area contributed by atoms with Crippen molar-refractivity contribution in [1.82, 2.24) is 0 Å². The van der Waals surface area contributed by atoms with Gasteiger partial charge in [-0.25, -0.2) is 0 Å². The van der Waals surface area contributed by atoms with Gasteiger partial charge in [0.05, 0.1) is 5.60 Å². The predicted octanol–water partition coefficient (Wildman–Crippen LogP) is 2.81. The van der Waals surface area contributed by atoms with Gasteiger partial charge in [-0.3, -0.25) is 0 Å². The van der Waals surface area contributed by atoms with Crippen LogP contribution in [0.1, 0.15) is 48.6 Å². The largest absolute Gasteiger partial charge is 0.387 e. The first kappa shape index (κ1) is 13.2. The average Bonchev–Trinajstić information content (AvgIpc) is 2.22. The van der Waals surface area contributed by atoms with E-state index in [4.69, 9.17) is 0 Å². The number of rotatable bonds is 3. The summed E-state index contributed by atoms with van der Waals surface area (Å²) in [6.45, 7) is 9.59. The third-order valence-corrected chi connectivity index (χ3v) is 3.48. The molecule has 0 aromatic heterocycles. The highest BCUT2D eigenvalue weighted by Gasteiger charge is 2.30. The minimum atomic E-state index is -1.06. The van der Waals surface area contributed by atoms with Crippen molar-refractivity contribution in [3.63, 3.8) is 0 Å². The molecule has 2 heteroatoms. The Morgan fingerprint density at radius 1 is 1.12 bits per heavy atom. The minimum Gasteiger partial charge on any atom is -0.387 e. The second-order valence-electron chi connectivity index (χ2n) is 4.91. The lowest BCUT2D eigenvalue weighted by molar-refractivity contribution is -0.0661. The van der Waals surface area contributed by atoms with Gasteiger partial charge in [0.25, 0.3) is 0 Å². The van der Waals surface area contributed by atoms with E-state index in [1.54, 1.807) is 6.92 Å². The van der Waals surface area contributed by atoms with Gasteiger partial charge < -0.3 is 10.2 Å². The zero-order chi connectivity index (χ0) is 12.5. The summed E-state index contributed by atoms with van der Waals surface area (Å²) >= 11 is 0. The number of hydrogen-bond donors (Lipinski definition) is 2. The molecule has 2 N–H and O–H groups in total. The van der Waals surface area contributed by atoms with Crippen LogP contribution < -0.4 is 0 Å². The molecule has 1 rings (SSSR count). The van der Waals surface area contributed by atoms with Crippen molar-refractivity contribution in [1.29, 1.82) is 0 Å². The maximum Gasteiger partial charge on any atom is 0.108 e. The Kier molecular flexibility index (Phi) is 3.76. The van der Waals surface area contributed by atoms with Gasteiger partial charge in [0.15, 0.2) is 0 Å². The third-order valence-electron chi connectivity index (χ3n) is 3.48. The molecule has 16 heavy (non-hydrogen) atoms. The molecular weight excluding hydrogens is 200 g/mol. The molecule has 0 radical (unpaired) electrons. The third kappa shape index (κ3) is 2.45. The van der Waals surface area contributed by atoms with Crippen molar-refractivity contribution in [2.75, 3.05) is 0 Å². The quantitative estimate of drug-likeness (QED) is 0.825. The van der Waals surface area contributed by atoms with Crippen LogP contribution in [0.3, 0.4) is 0 Å². The molecule has 2 atom stereocenters. The van der Waals surface area contributed by atoms with E-state index < -0.39 is 11.7 Å². The van der Waals surface area contributed by atoms with Crippen molar-refractivity contribution in [2.24, 2.45) is 0 Å². The van der Waals surface area contributed by atoms with Gasteiger partial charge >= 0.3 is 0 Å². The van der Waals surface area contributed by atoms with Crippen molar-refractivity contribution in [3.8, 4) is 0 Å². The monoisotopic (exact) mass is 222 g/mol. The van der Waals surface area contributed by atoms with E-state index in [1.165, 1.54) is 5.56 Å². The molecule has 0 fully saturated rings. The molecule has 0 aliphatic heterocycles. The number of aliphatic hydroxyl groups excluding tert-OH is 1. The molecule has 0 aliphatic carbocycles. The fourth-order valence-corrected chi connectivity index (χ4v) is 1.81. The van der Waals surface area contributed by atoms with E-state index in [2.05, 4.69) is 13.0 Å². The second-order valence-corrected chi connectivity index (χ2v) is 4.91. The van der Waals surface area contributed by atoms with Crippen molar-refractivity contribution in [2.45, 2.75) is 52.7 Å². The number of aliphatic hydroxyl groups is 2. The number of aryl methyl sites for hydroxylation is 3. The van der Waals surface area contributed by atoms with E-state index in [-0.39, 0.29) is 0 Å². The van der Waals surface area contributed by atoms with Crippen LogP contribution in [0.2, 0.25) is 0 Å². The maximum absolute atomic E-state index is 10.2. The Morgan fingerprint density at radius 2 is 1.62 bits per heavy atom. The minimum absolute atomic E-state index is 0.528. The molecule has 2 nitrogen and oxygen atoms in total. The molecule has 90 valence electrons. The molecule has 0 aliphatic rings. The summed E-state index contributed by atoms with van der Waals surface area (Å²) in [6, 6.07) is 4.03. The summed E-state index contributed by atoms with van der Waals surface area (Å²) in [5.74, 6) is 0. The maximum atomic E-state index is 10.2. The molecule has 0 spiro atoms. The van der Waals surface area contributed by atoms with Gasteiger partial charge in [0, 0.05) is 0 Å². The standard InChI is InChI=1S/C14H22O2/c1-6-14(5,16)13(15)12-8-10(3)9(2)7-11(12)4/h7-8,13,15-16H,6H2,1-5H3. The molecule has 0 saturated carbocycles. The topological polar surface area (TPSA) is 40.5 Å². The molecule has 1 aromatic rings. The molecular formula is C14H22O2. The SMILES string of the molecule is CCC(C)(O)C(O)c1cc(C)c(C)cc1C. The lowest BCUT2D eigenvalue weighted by atomic mass is 9.87. The molecule has 2 unspecified atom stereocenters. The molecule has 1 aromatic carbocycles. The van der Waals surface area contributed by atoms with Crippen LogP contribution in [0, 0.1) is 20.8 Å². The predicted molar refractivity (Wildman–Crippen MR) is 66.5 cm³/mol. The van der Waals surface area contributed by atoms with Crippen LogP contribution in [0.4, 0.5) is 0 Å². The summed E-state index contributed by atoms with van der Waals surface area (Å²) in [5.41, 5.74) is 3.15. The summed E-state index contributed by atoms with van der Waals surface area (Å²) in [6.07, 6.45) is -0.294. The van der Waals surface area contributed by atoms with Gasteiger partial charge in [-0.05, 0) is 56.4 Å². The van der Waals surface area contributed by atoms with E-state index in [9.17, 15) is 10.2 Å². The van der Waals surface area contributed by atoms with Crippen molar-refractivity contribution in [3.05, 3.63) is 34.4 Å². The van der Waals surface area contributed by atoms with Gasteiger partial charge in [0.2, 0.25) is 0 Å². The van der Waals surface area contributed by atoms with Gasteiger partial charge in [0.1, 0.15) is 6.10 Å². The Bertz CT molecular complexity index is 381. The Balaban J connectivity index is 3.19. The molecule has 0 bridgehead atoms. The van der Waals surface area contributed by atoms with E-state index >= 15 is 0 Å². The summed E-state index contributed by atoms with van der Waals surface area (Å²) < 4.78 is 0. The number of benzene rings is 1. The van der Waals surface area contributed by atoms with Crippen LogP contribution in [0.15, 0.2) is 12.1 Å². The lowest BCUT2D eigenvalue weighted by Gasteiger charge is -2.29. The van der Waals surface area contributed by atoms with Crippen molar-refractivity contribution >= 4 is 0 Å². The van der Waals surface area contributed by atoms with E-state index in [0.29, 0.717) is 6.42 Å². The first-order valence-corrected chi connectivity index (χ1v) is 5.77. The van der Waals surface area contributed by atoms with Gasteiger partial charge in [-0.15, -0.1) is 0 Å². The van der Waals surface area contributed by atoms with Gasteiger partial charge in [-0.1, -0.05) is 19.1 Å². The van der Waals surface area contributed by atoms with E-state index in [0.717, 1.165) is 16.7 Å². The van der Waals surface area contributed by atoms with Crippen LogP contribution in [-0.2, 0) is 0 Å². The second kappa shape index (κ2) is 4.56. The van der Waals surface area contributed by atoms with Gasteiger partial charge in [-0.2, -0.15) is 0 Å². The summed E-state index contributed by atoms with van der Waals surface area (Å²) in [5, 5.41) is 20.3. The molecule has 0 amide bonds. The van der Waals surface area contributed by atoms with Crippen LogP contribution >= 0.6 is 0 Å². The molecule has 0 heterocycles. The summed E-state index contributed by atoms with van der Waals surface area (Å²) in [7, 11) is 0. The highest BCUT2D eigenvalue weighted by molar-refractivity contribution is 5.38. The smallest absolute Gasteiger partial charge is 0.108 e. The van der Waals surface area contributed by atoms with Crippen LogP contribution in [-0.4, -0.2) is 15.8 Å². The Labute approximate surface area is 97.9 Å². The zero-order valence-electron chi connectivity index (χ0n) is 10.8. The van der Waals surface area contributed by atoms with Crippen LogP contribution in [0.5, 0.6) is 0 Å². The number of hydrogen-bond acceptors (Lipinski definition) is 2. The highest BCUT2D eigenvalue weighted by atomic mass is 16.3. The lowest BCUT2D eigenvalue weighted by Crippen LogP contribution is -2.32. The fraction of sp³-hybridized carbons (Fsp3) is 0.571. The Hall–Kier alpha value is -0.860. The molecule has 0 saturated heterocycles. The van der Waals surface area contributed by atoms with E-state index in [1.807, 2.05) is 26.8 Å². The first-order valence-electron chi connectivity index (χ1n) is 5.77. The normalized spacial score (nSPS) is 16.9.